The first-order valence-corrected chi connectivity index (χ1v) is 5.41. The van der Waals surface area contributed by atoms with Gasteiger partial charge in [0.2, 0.25) is 0 Å². The van der Waals surface area contributed by atoms with Gasteiger partial charge >= 0.3 is 0 Å². The highest BCUT2D eigenvalue weighted by Gasteiger charge is 2.30. The number of aromatic amines is 1. The largest absolute Gasteiger partial charge is 0.363 e. The average molecular weight is 221 g/mol. The molecule has 0 saturated carbocycles. The van der Waals surface area contributed by atoms with Crippen LogP contribution in [0.2, 0.25) is 0 Å². The van der Waals surface area contributed by atoms with Gasteiger partial charge in [0.25, 0.3) is 0 Å². The van der Waals surface area contributed by atoms with Crippen LogP contribution >= 0.6 is 0 Å². The van der Waals surface area contributed by atoms with E-state index in [1.165, 1.54) is 0 Å². The maximum Gasteiger partial charge on any atom is 0.179 e. The lowest BCUT2D eigenvalue weighted by molar-refractivity contribution is 0.202. The zero-order valence-corrected chi connectivity index (χ0v) is 10.8. The van der Waals surface area contributed by atoms with E-state index >= 15 is 0 Å². The van der Waals surface area contributed by atoms with Gasteiger partial charge in [0.05, 0.1) is 0 Å². The van der Waals surface area contributed by atoms with Crippen LogP contribution in [-0.4, -0.2) is 46.6 Å². The first kappa shape index (κ1) is 11.0. The minimum Gasteiger partial charge on any atom is -0.363 e. The van der Waals surface area contributed by atoms with Crippen LogP contribution in [0.3, 0.4) is 0 Å². The predicted octanol–water partition coefficient (Wildman–Crippen LogP) is -0.353. The van der Waals surface area contributed by atoms with Crippen molar-refractivity contribution in [3.05, 3.63) is 16.7 Å². The molecule has 0 aromatic carbocycles. The Kier molecular flexibility index (Phi) is 2.22. The monoisotopic (exact) mass is 221 g/mol. The molecule has 16 heavy (non-hydrogen) atoms. The third-order valence-electron chi connectivity index (χ3n) is 2.97. The summed E-state index contributed by atoms with van der Waals surface area (Å²) in [4.78, 5) is 16.6. The minimum atomic E-state index is -0.256. The fourth-order valence-corrected chi connectivity index (χ4v) is 2.00. The lowest BCUT2D eigenvalue weighted by atomic mass is 10.2. The molecule has 0 aliphatic carbocycles. The average Bonchev–Trinajstić information content (AvgIpc) is 2.44. The van der Waals surface area contributed by atoms with E-state index in [0.29, 0.717) is 0 Å². The molecule has 1 aromatic rings. The Bertz CT molecular complexity index is 523. The quantitative estimate of drug-likeness (QED) is 0.705. The van der Waals surface area contributed by atoms with Crippen LogP contribution in [0.25, 0.3) is 5.82 Å². The topological polar surface area (TPSA) is 47.5 Å². The van der Waals surface area contributed by atoms with Crippen molar-refractivity contribution in [2.75, 3.05) is 21.1 Å². The Balaban J connectivity index is 2.83. The third kappa shape index (κ3) is 1.47. The van der Waals surface area contributed by atoms with E-state index in [4.69, 9.17) is 0 Å². The second kappa shape index (κ2) is 3.23. The van der Waals surface area contributed by atoms with E-state index in [1.54, 1.807) is 0 Å². The van der Waals surface area contributed by atoms with Gasteiger partial charge < -0.3 is 14.8 Å². The van der Waals surface area contributed by atoms with Crippen LogP contribution in [-0.2, 0) is 0 Å². The van der Waals surface area contributed by atoms with Gasteiger partial charge in [0.15, 0.2) is 5.49 Å². The van der Waals surface area contributed by atoms with Gasteiger partial charge in [-0.2, -0.15) is 0 Å². The normalized spacial score (nSPS) is 18.1. The standard InChI is InChI=1S/C11H19N5/c1-7-12-8-9(13-7)14-11(2,3)16(6)10(8)15(4)5/h1-6H3,(H,12,13,14). The number of fused-ring (bicyclic) bond motifs is 1. The number of nitrogens with one attached hydrogen (secondary N) is 1. The summed E-state index contributed by atoms with van der Waals surface area (Å²) < 4.78 is 0. The van der Waals surface area contributed by atoms with E-state index in [-0.39, 0.29) is 5.66 Å². The number of hydrogen-bond acceptors (Lipinski definition) is 4. The van der Waals surface area contributed by atoms with Gasteiger partial charge in [-0.25, -0.2) is 9.98 Å². The van der Waals surface area contributed by atoms with Crippen molar-refractivity contribution in [2.45, 2.75) is 26.4 Å². The molecule has 0 unspecified atom stereocenters. The summed E-state index contributed by atoms with van der Waals surface area (Å²) >= 11 is 0. The van der Waals surface area contributed by atoms with Crippen molar-refractivity contribution in [1.29, 1.82) is 0 Å². The highest BCUT2D eigenvalue weighted by atomic mass is 15.4. The lowest BCUT2D eigenvalue weighted by Crippen LogP contribution is -2.53. The second-order valence-corrected chi connectivity index (χ2v) is 4.90. The maximum atomic E-state index is 4.65. The highest BCUT2D eigenvalue weighted by molar-refractivity contribution is 5.40. The Morgan fingerprint density at radius 1 is 1.31 bits per heavy atom. The first-order chi connectivity index (χ1) is 7.33. The summed E-state index contributed by atoms with van der Waals surface area (Å²) in [5.41, 5.74) is 0.554. The number of rotatable bonds is 1. The molecule has 0 radical (unpaired) electrons. The molecule has 1 aliphatic rings. The van der Waals surface area contributed by atoms with Gasteiger partial charge in [-0.1, -0.05) is 0 Å². The summed E-state index contributed by atoms with van der Waals surface area (Å²) in [7, 11) is 6.12. The van der Waals surface area contributed by atoms with E-state index in [2.05, 4.69) is 45.7 Å². The lowest BCUT2D eigenvalue weighted by Gasteiger charge is -2.39. The van der Waals surface area contributed by atoms with Gasteiger partial charge in [0.1, 0.15) is 22.7 Å². The molecule has 2 rings (SSSR count). The van der Waals surface area contributed by atoms with Gasteiger partial charge in [-0.05, 0) is 20.8 Å². The second-order valence-electron chi connectivity index (χ2n) is 4.90. The van der Waals surface area contributed by atoms with Gasteiger partial charge in [-0.15, -0.1) is 0 Å². The van der Waals surface area contributed by atoms with Crippen LogP contribution in [0.5, 0.6) is 0 Å². The van der Waals surface area contributed by atoms with E-state index in [1.807, 2.05) is 21.0 Å². The third-order valence-corrected chi connectivity index (χ3v) is 2.97. The molecule has 0 saturated heterocycles. The number of nitrogens with zero attached hydrogens (tertiary/aromatic N) is 4. The maximum absolute atomic E-state index is 4.65. The van der Waals surface area contributed by atoms with Crippen LogP contribution < -0.4 is 10.8 Å². The van der Waals surface area contributed by atoms with Crippen LogP contribution in [0.1, 0.15) is 19.7 Å². The number of H-pyrrole nitrogens is 1. The summed E-state index contributed by atoms with van der Waals surface area (Å²) in [5, 5.41) is 1.00. The SMILES string of the molecule is Cc1nc2c([nH]1)=C(N(C)C)N(C)C(C)(C)N=2. The summed E-state index contributed by atoms with van der Waals surface area (Å²) in [6, 6.07) is 0. The molecule has 0 bridgehead atoms. The Morgan fingerprint density at radius 2 is 1.94 bits per heavy atom. The molecule has 1 aliphatic heterocycles. The minimum absolute atomic E-state index is 0.256. The molecular weight excluding hydrogens is 202 g/mol. The van der Waals surface area contributed by atoms with Crippen LogP contribution in [0.4, 0.5) is 0 Å². The summed E-state index contributed by atoms with van der Waals surface area (Å²) in [6.45, 7) is 6.13. The van der Waals surface area contributed by atoms with Gasteiger partial charge in [0, 0.05) is 21.1 Å². The highest BCUT2D eigenvalue weighted by Crippen LogP contribution is 2.21. The fraction of sp³-hybridized carbons (Fsp3) is 0.636. The van der Waals surface area contributed by atoms with Crippen molar-refractivity contribution in [3.63, 3.8) is 0 Å². The van der Waals surface area contributed by atoms with E-state index < -0.39 is 0 Å². The predicted molar refractivity (Wildman–Crippen MR) is 63.0 cm³/mol. The Hall–Kier alpha value is -1.52. The number of aromatic nitrogens is 2. The van der Waals surface area contributed by atoms with Crippen molar-refractivity contribution >= 4 is 5.82 Å². The van der Waals surface area contributed by atoms with Crippen LogP contribution in [0.15, 0.2) is 4.99 Å². The van der Waals surface area contributed by atoms with Crippen LogP contribution in [0, 0.1) is 6.92 Å². The molecule has 88 valence electrons. The molecule has 1 aromatic heterocycles. The van der Waals surface area contributed by atoms with E-state index in [0.717, 1.165) is 22.5 Å². The number of imidazole rings is 1. The summed E-state index contributed by atoms with van der Waals surface area (Å²) in [6.07, 6.45) is 0. The molecule has 0 spiro atoms. The molecule has 0 fully saturated rings. The van der Waals surface area contributed by atoms with Crippen molar-refractivity contribution < 1.29 is 0 Å². The number of aryl methyl sites for hydroxylation is 1. The molecule has 0 amide bonds. The van der Waals surface area contributed by atoms with E-state index in [9.17, 15) is 0 Å². The van der Waals surface area contributed by atoms with Gasteiger partial charge in [-0.3, -0.25) is 0 Å². The van der Waals surface area contributed by atoms with Crippen molar-refractivity contribution in [1.82, 2.24) is 19.8 Å². The molecule has 5 nitrogen and oxygen atoms in total. The molecule has 0 atom stereocenters. The van der Waals surface area contributed by atoms with Crippen molar-refractivity contribution in [3.8, 4) is 0 Å². The molecule has 1 N–H and O–H groups in total. The molecular formula is C11H19N5. The summed E-state index contributed by atoms with van der Waals surface area (Å²) in [5.74, 6) is 2.02. The smallest absolute Gasteiger partial charge is 0.179 e. The zero-order valence-electron chi connectivity index (χ0n) is 10.8. The Labute approximate surface area is 95.5 Å². The fourth-order valence-electron chi connectivity index (χ4n) is 2.00. The molecule has 2 heterocycles. The Morgan fingerprint density at radius 3 is 2.50 bits per heavy atom. The first-order valence-electron chi connectivity index (χ1n) is 5.41. The molecule has 5 heteroatoms. The number of hydrogen-bond donors (Lipinski definition) is 1. The van der Waals surface area contributed by atoms with Crippen molar-refractivity contribution in [2.24, 2.45) is 4.99 Å². The zero-order chi connectivity index (χ0) is 12.1.